The number of nitrogens with one attached hydrogen (secondary N) is 2. The number of nitrogens with zero attached hydrogens (tertiary/aromatic N) is 2. The van der Waals surface area contributed by atoms with E-state index in [1.165, 1.54) is 24.0 Å². The second-order valence-corrected chi connectivity index (χ2v) is 5.53. The Morgan fingerprint density at radius 2 is 1.90 bits per heavy atom. The predicted octanol–water partition coefficient (Wildman–Crippen LogP) is 2.60. The Labute approximate surface area is 129 Å². The van der Waals surface area contributed by atoms with Crippen LogP contribution in [0.3, 0.4) is 0 Å². The van der Waals surface area contributed by atoms with Crippen molar-refractivity contribution < 1.29 is 0 Å². The molecule has 0 aromatic heterocycles. The van der Waals surface area contributed by atoms with Gasteiger partial charge in [0.15, 0.2) is 5.96 Å². The molecule has 118 valence electrons. The number of benzene rings is 1. The number of guanidine groups is 1. The van der Waals surface area contributed by atoms with E-state index in [0.29, 0.717) is 6.54 Å². The van der Waals surface area contributed by atoms with Gasteiger partial charge in [0.1, 0.15) is 0 Å². The highest BCUT2D eigenvalue weighted by Crippen LogP contribution is 2.08. The van der Waals surface area contributed by atoms with Crippen LogP contribution in [0, 0.1) is 0 Å². The maximum atomic E-state index is 4.66. The van der Waals surface area contributed by atoms with Gasteiger partial charge >= 0.3 is 0 Å². The molecule has 0 saturated heterocycles. The molecule has 4 heteroatoms. The van der Waals surface area contributed by atoms with Crippen molar-refractivity contribution in [3.63, 3.8) is 0 Å². The number of unbranched alkanes of at least 4 members (excludes halogenated alkanes) is 1. The van der Waals surface area contributed by atoms with E-state index in [4.69, 9.17) is 0 Å². The van der Waals surface area contributed by atoms with Crippen molar-refractivity contribution in [3.05, 3.63) is 35.4 Å². The summed E-state index contributed by atoms with van der Waals surface area (Å²) in [6.45, 7) is 7.83. The lowest BCUT2D eigenvalue weighted by atomic mass is 10.1. The van der Waals surface area contributed by atoms with E-state index in [1.54, 1.807) is 0 Å². The average molecular weight is 290 g/mol. The van der Waals surface area contributed by atoms with Crippen LogP contribution in [0.5, 0.6) is 0 Å². The molecule has 1 aromatic rings. The van der Waals surface area contributed by atoms with Crippen molar-refractivity contribution in [2.45, 2.75) is 39.8 Å². The summed E-state index contributed by atoms with van der Waals surface area (Å²) >= 11 is 0. The monoisotopic (exact) mass is 290 g/mol. The van der Waals surface area contributed by atoms with E-state index in [0.717, 1.165) is 25.6 Å². The molecule has 0 saturated carbocycles. The first-order valence-corrected chi connectivity index (χ1v) is 7.90. The van der Waals surface area contributed by atoms with Crippen LogP contribution < -0.4 is 10.6 Å². The largest absolute Gasteiger partial charge is 0.357 e. The smallest absolute Gasteiger partial charge is 0.191 e. The number of hydrogen-bond donors (Lipinski definition) is 2. The lowest BCUT2D eigenvalue weighted by Crippen LogP contribution is -2.37. The van der Waals surface area contributed by atoms with Gasteiger partial charge in [-0.15, -0.1) is 0 Å². The summed E-state index contributed by atoms with van der Waals surface area (Å²) < 4.78 is 0. The van der Waals surface area contributed by atoms with Gasteiger partial charge in [0.25, 0.3) is 0 Å². The first-order chi connectivity index (χ1) is 10.2. The SMILES string of the molecule is CCCCNC(=NCc1cccc(CN(C)C)c1)NCC. The molecule has 0 amide bonds. The Balaban J connectivity index is 2.61. The van der Waals surface area contributed by atoms with E-state index < -0.39 is 0 Å². The molecule has 0 bridgehead atoms. The molecule has 0 aliphatic rings. The molecule has 0 aliphatic heterocycles. The minimum Gasteiger partial charge on any atom is -0.357 e. The molecule has 2 N–H and O–H groups in total. The Bertz CT molecular complexity index is 427. The van der Waals surface area contributed by atoms with Gasteiger partial charge < -0.3 is 15.5 Å². The molecule has 0 atom stereocenters. The highest BCUT2D eigenvalue weighted by Gasteiger charge is 1.99. The van der Waals surface area contributed by atoms with Gasteiger partial charge in [-0.05, 0) is 38.6 Å². The molecule has 21 heavy (non-hydrogen) atoms. The molecule has 0 unspecified atom stereocenters. The predicted molar refractivity (Wildman–Crippen MR) is 91.6 cm³/mol. The quantitative estimate of drug-likeness (QED) is 0.439. The lowest BCUT2D eigenvalue weighted by molar-refractivity contribution is 0.402. The maximum absolute atomic E-state index is 4.66. The topological polar surface area (TPSA) is 39.7 Å². The van der Waals surface area contributed by atoms with E-state index in [-0.39, 0.29) is 0 Å². The molecular weight excluding hydrogens is 260 g/mol. The van der Waals surface area contributed by atoms with Crippen LogP contribution in [0.2, 0.25) is 0 Å². The Morgan fingerprint density at radius 1 is 1.14 bits per heavy atom. The zero-order valence-electron chi connectivity index (χ0n) is 13.9. The first kappa shape index (κ1) is 17.5. The van der Waals surface area contributed by atoms with Crippen molar-refractivity contribution in [2.75, 3.05) is 27.2 Å². The number of hydrogen-bond acceptors (Lipinski definition) is 2. The number of rotatable bonds is 8. The van der Waals surface area contributed by atoms with E-state index >= 15 is 0 Å². The van der Waals surface area contributed by atoms with Crippen LogP contribution in [0.15, 0.2) is 29.3 Å². The summed E-state index contributed by atoms with van der Waals surface area (Å²) in [4.78, 5) is 6.84. The summed E-state index contributed by atoms with van der Waals surface area (Å²) in [5, 5.41) is 6.66. The van der Waals surface area contributed by atoms with Gasteiger partial charge in [-0.25, -0.2) is 4.99 Å². The van der Waals surface area contributed by atoms with E-state index in [1.807, 2.05) is 0 Å². The fourth-order valence-corrected chi connectivity index (χ4v) is 2.09. The van der Waals surface area contributed by atoms with Gasteiger partial charge in [0.05, 0.1) is 6.54 Å². The zero-order chi connectivity index (χ0) is 15.5. The second-order valence-electron chi connectivity index (χ2n) is 5.53. The third-order valence-electron chi connectivity index (χ3n) is 3.08. The van der Waals surface area contributed by atoms with E-state index in [9.17, 15) is 0 Å². The van der Waals surface area contributed by atoms with Crippen molar-refractivity contribution >= 4 is 5.96 Å². The highest BCUT2D eigenvalue weighted by atomic mass is 15.2. The van der Waals surface area contributed by atoms with Crippen molar-refractivity contribution in [1.82, 2.24) is 15.5 Å². The van der Waals surface area contributed by atoms with Crippen molar-refractivity contribution in [3.8, 4) is 0 Å². The molecule has 0 spiro atoms. The molecule has 0 heterocycles. The van der Waals surface area contributed by atoms with Gasteiger partial charge in [-0.2, -0.15) is 0 Å². The minimum absolute atomic E-state index is 0.711. The van der Waals surface area contributed by atoms with Crippen molar-refractivity contribution in [1.29, 1.82) is 0 Å². The summed E-state index contributed by atoms with van der Waals surface area (Å²) in [6.07, 6.45) is 2.36. The summed E-state index contributed by atoms with van der Waals surface area (Å²) in [5.41, 5.74) is 2.58. The zero-order valence-corrected chi connectivity index (χ0v) is 13.9. The van der Waals surface area contributed by atoms with E-state index in [2.05, 4.69) is 72.7 Å². The molecule has 1 aromatic carbocycles. The third kappa shape index (κ3) is 7.71. The van der Waals surface area contributed by atoms with Gasteiger partial charge in [-0.3, -0.25) is 0 Å². The van der Waals surface area contributed by atoms with Crippen LogP contribution in [-0.4, -0.2) is 38.0 Å². The maximum Gasteiger partial charge on any atom is 0.191 e. The van der Waals surface area contributed by atoms with Gasteiger partial charge in [-0.1, -0.05) is 37.6 Å². The Hall–Kier alpha value is -1.55. The van der Waals surface area contributed by atoms with Crippen LogP contribution in [0.25, 0.3) is 0 Å². The van der Waals surface area contributed by atoms with Crippen LogP contribution >= 0.6 is 0 Å². The minimum atomic E-state index is 0.711. The first-order valence-electron chi connectivity index (χ1n) is 7.90. The van der Waals surface area contributed by atoms with Crippen LogP contribution in [0.1, 0.15) is 37.8 Å². The lowest BCUT2D eigenvalue weighted by Gasteiger charge is -2.12. The summed E-state index contributed by atoms with van der Waals surface area (Å²) in [7, 11) is 4.18. The number of aliphatic imine (C=N–C) groups is 1. The third-order valence-corrected chi connectivity index (χ3v) is 3.08. The fraction of sp³-hybridized carbons (Fsp3) is 0.588. The van der Waals surface area contributed by atoms with Crippen LogP contribution in [0.4, 0.5) is 0 Å². The fourth-order valence-electron chi connectivity index (χ4n) is 2.09. The summed E-state index contributed by atoms with van der Waals surface area (Å²) in [6, 6.07) is 8.65. The molecule has 4 nitrogen and oxygen atoms in total. The normalized spacial score (nSPS) is 11.8. The van der Waals surface area contributed by atoms with Crippen LogP contribution in [-0.2, 0) is 13.1 Å². The Kier molecular flexibility index (Phi) is 8.51. The molecular formula is C17H30N4. The average Bonchev–Trinajstić information content (AvgIpc) is 2.44. The van der Waals surface area contributed by atoms with Gasteiger partial charge in [0, 0.05) is 19.6 Å². The molecule has 1 rings (SSSR count). The van der Waals surface area contributed by atoms with Crippen molar-refractivity contribution in [2.24, 2.45) is 4.99 Å². The standard InChI is InChI=1S/C17H30N4/c1-5-7-11-19-17(18-6-2)20-13-15-9-8-10-16(12-15)14-21(3)4/h8-10,12H,5-7,11,13-14H2,1-4H3,(H2,18,19,20). The molecule has 0 fully saturated rings. The summed E-state index contributed by atoms with van der Waals surface area (Å²) in [5.74, 6) is 0.906. The molecule has 0 radical (unpaired) electrons. The van der Waals surface area contributed by atoms with Gasteiger partial charge in [0.2, 0.25) is 0 Å². The molecule has 0 aliphatic carbocycles. The highest BCUT2D eigenvalue weighted by molar-refractivity contribution is 5.79. The second kappa shape index (κ2) is 10.2. The Morgan fingerprint density at radius 3 is 2.57 bits per heavy atom.